The maximum absolute atomic E-state index is 5.54. The Kier molecular flexibility index (Phi) is 4.10. The van der Waals surface area contributed by atoms with Crippen LogP contribution in [0.3, 0.4) is 0 Å². The Balaban J connectivity index is 1.52. The summed E-state index contributed by atoms with van der Waals surface area (Å²) in [7, 11) is 2.28. The van der Waals surface area contributed by atoms with E-state index in [0.717, 1.165) is 19.3 Å². The zero-order chi connectivity index (χ0) is 14.9. The summed E-state index contributed by atoms with van der Waals surface area (Å²) in [5, 5.41) is 0. The first-order valence-electron chi connectivity index (χ1n) is 8.98. The third-order valence-corrected chi connectivity index (χ3v) is 5.86. The molecule has 1 aromatic carbocycles. The van der Waals surface area contributed by atoms with Gasteiger partial charge in [0.15, 0.2) is 0 Å². The molecule has 0 amide bonds. The van der Waals surface area contributed by atoms with E-state index >= 15 is 0 Å². The summed E-state index contributed by atoms with van der Waals surface area (Å²) in [5.74, 6) is 0. The zero-order valence-corrected chi connectivity index (χ0v) is 13.8. The number of likely N-dealkylation sites (N-methyl/N-ethyl adjacent to an activating group) is 1. The molecular weight excluding hydrogens is 272 g/mol. The van der Waals surface area contributed by atoms with E-state index in [0.29, 0.717) is 6.04 Å². The highest BCUT2D eigenvalue weighted by atomic mass is 16.5. The summed E-state index contributed by atoms with van der Waals surface area (Å²) in [6.07, 6.45) is 7.53. The van der Waals surface area contributed by atoms with E-state index in [9.17, 15) is 0 Å². The average molecular weight is 300 g/mol. The molecule has 120 valence electrons. The summed E-state index contributed by atoms with van der Waals surface area (Å²) in [6.45, 7) is 4.34. The minimum absolute atomic E-state index is 0.694. The molecule has 3 nitrogen and oxygen atoms in total. The second-order valence-corrected chi connectivity index (χ2v) is 7.23. The molecule has 0 N–H and O–H groups in total. The number of rotatable bonds is 3. The number of hydrogen-bond acceptors (Lipinski definition) is 3. The standard InChI is InChI=1S/C19H28N2O/c1-20-9-2-3-18(20)13-15-4-5-16-6-10-21(19(16)14-15)17-7-11-22-12-8-17/h4-5,14,17-18H,2-3,6-13H2,1H3/t18-/m0/s1. The molecule has 2 fully saturated rings. The third kappa shape index (κ3) is 2.77. The van der Waals surface area contributed by atoms with Gasteiger partial charge in [-0.15, -0.1) is 0 Å². The van der Waals surface area contributed by atoms with Gasteiger partial charge in [-0.2, -0.15) is 0 Å². The van der Waals surface area contributed by atoms with Crippen LogP contribution in [-0.4, -0.2) is 50.3 Å². The number of fused-ring (bicyclic) bond motifs is 1. The van der Waals surface area contributed by atoms with Gasteiger partial charge in [0.25, 0.3) is 0 Å². The van der Waals surface area contributed by atoms with Gasteiger partial charge in [0, 0.05) is 37.5 Å². The number of likely N-dealkylation sites (tertiary alicyclic amines) is 1. The maximum Gasteiger partial charge on any atom is 0.0485 e. The van der Waals surface area contributed by atoms with E-state index in [4.69, 9.17) is 4.74 Å². The van der Waals surface area contributed by atoms with Crippen LogP contribution in [0.2, 0.25) is 0 Å². The van der Waals surface area contributed by atoms with Crippen LogP contribution in [0.1, 0.15) is 36.8 Å². The van der Waals surface area contributed by atoms with Crippen LogP contribution in [0.5, 0.6) is 0 Å². The van der Waals surface area contributed by atoms with E-state index in [1.165, 1.54) is 62.9 Å². The van der Waals surface area contributed by atoms with E-state index in [1.54, 1.807) is 5.56 Å². The van der Waals surface area contributed by atoms with E-state index in [-0.39, 0.29) is 0 Å². The lowest BCUT2D eigenvalue weighted by Crippen LogP contribution is -2.38. The Hall–Kier alpha value is -1.06. The largest absolute Gasteiger partial charge is 0.381 e. The van der Waals surface area contributed by atoms with Crippen molar-refractivity contribution >= 4 is 5.69 Å². The summed E-state index contributed by atoms with van der Waals surface area (Å²) < 4.78 is 5.54. The van der Waals surface area contributed by atoms with Crippen molar-refractivity contribution in [1.29, 1.82) is 0 Å². The Bertz CT molecular complexity index is 524. The molecule has 0 radical (unpaired) electrons. The van der Waals surface area contributed by atoms with Crippen molar-refractivity contribution in [3.63, 3.8) is 0 Å². The summed E-state index contributed by atoms with van der Waals surface area (Å²) in [4.78, 5) is 5.20. The molecule has 4 rings (SSSR count). The molecule has 22 heavy (non-hydrogen) atoms. The van der Waals surface area contributed by atoms with E-state index in [1.807, 2.05) is 0 Å². The quantitative estimate of drug-likeness (QED) is 0.854. The van der Waals surface area contributed by atoms with Crippen LogP contribution in [0, 0.1) is 0 Å². The smallest absolute Gasteiger partial charge is 0.0485 e. The minimum Gasteiger partial charge on any atom is -0.381 e. The van der Waals surface area contributed by atoms with Gasteiger partial charge in [-0.05, 0) is 69.3 Å². The van der Waals surface area contributed by atoms with Crippen LogP contribution in [-0.2, 0) is 17.6 Å². The molecule has 3 aliphatic heterocycles. The molecule has 3 heteroatoms. The van der Waals surface area contributed by atoms with Crippen molar-refractivity contribution in [2.24, 2.45) is 0 Å². The molecule has 1 atom stereocenters. The van der Waals surface area contributed by atoms with Crippen molar-refractivity contribution in [2.75, 3.05) is 38.3 Å². The van der Waals surface area contributed by atoms with Crippen LogP contribution >= 0.6 is 0 Å². The lowest BCUT2D eigenvalue weighted by atomic mass is 10.0. The van der Waals surface area contributed by atoms with Gasteiger partial charge in [0.05, 0.1) is 0 Å². The molecule has 0 bridgehead atoms. The van der Waals surface area contributed by atoms with Gasteiger partial charge in [0.1, 0.15) is 0 Å². The van der Waals surface area contributed by atoms with Crippen LogP contribution in [0.15, 0.2) is 18.2 Å². The second kappa shape index (κ2) is 6.21. The van der Waals surface area contributed by atoms with Gasteiger partial charge < -0.3 is 14.5 Å². The molecule has 0 spiro atoms. The predicted molar refractivity (Wildman–Crippen MR) is 90.7 cm³/mol. The monoisotopic (exact) mass is 300 g/mol. The first-order valence-corrected chi connectivity index (χ1v) is 8.98. The van der Waals surface area contributed by atoms with Gasteiger partial charge in [0.2, 0.25) is 0 Å². The highest BCUT2D eigenvalue weighted by Crippen LogP contribution is 2.34. The molecule has 0 unspecified atom stereocenters. The second-order valence-electron chi connectivity index (χ2n) is 7.23. The summed E-state index contributed by atoms with van der Waals surface area (Å²) in [5.41, 5.74) is 4.59. The molecule has 3 heterocycles. The fraction of sp³-hybridized carbons (Fsp3) is 0.684. The van der Waals surface area contributed by atoms with Crippen molar-refractivity contribution in [3.05, 3.63) is 29.3 Å². The van der Waals surface area contributed by atoms with Crippen molar-refractivity contribution in [1.82, 2.24) is 4.90 Å². The summed E-state index contributed by atoms with van der Waals surface area (Å²) in [6, 6.07) is 8.69. The summed E-state index contributed by atoms with van der Waals surface area (Å²) >= 11 is 0. The Morgan fingerprint density at radius 1 is 1.14 bits per heavy atom. The lowest BCUT2D eigenvalue weighted by Gasteiger charge is -2.33. The molecular formula is C19H28N2O. The van der Waals surface area contributed by atoms with Crippen LogP contribution < -0.4 is 4.90 Å². The highest BCUT2D eigenvalue weighted by Gasteiger charge is 2.28. The predicted octanol–water partition coefficient (Wildman–Crippen LogP) is 2.86. The fourth-order valence-electron chi connectivity index (χ4n) is 4.46. The average Bonchev–Trinajstić information content (AvgIpc) is 3.15. The number of ether oxygens (including phenoxy) is 1. The Labute approximate surface area is 134 Å². The van der Waals surface area contributed by atoms with Gasteiger partial charge in [-0.25, -0.2) is 0 Å². The van der Waals surface area contributed by atoms with Crippen LogP contribution in [0.25, 0.3) is 0 Å². The van der Waals surface area contributed by atoms with Crippen molar-refractivity contribution in [3.8, 4) is 0 Å². The maximum atomic E-state index is 5.54. The topological polar surface area (TPSA) is 15.7 Å². The lowest BCUT2D eigenvalue weighted by molar-refractivity contribution is 0.0848. The Morgan fingerprint density at radius 2 is 2.00 bits per heavy atom. The fourth-order valence-corrected chi connectivity index (χ4v) is 4.46. The number of benzene rings is 1. The molecule has 2 saturated heterocycles. The Morgan fingerprint density at radius 3 is 2.77 bits per heavy atom. The number of nitrogens with zero attached hydrogens (tertiary/aromatic N) is 2. The minimum atomic E-state index is 0.694. The first-order chi connectivity index (χ1) is 10.8. The third-order valence-electron chi connectivity index (χ3n) is 5.86. The van der Waals surface area contributed by atoms with E-state index < -0.39 is 0 Å². The molecule has 0 saturated carbocycles. The highest BCUT2D eigenvalue weighted by molar-refractivity contribution is 5.60. The molecule has 3 aliphatic rings. The molecule has 1 aromatic rings. The number of anilines is 1. The normalized spacial score (nSPS) is 26.6. The molecule has 0 aromatic heterocycles. The SMILES string of the molecule is CN1CCC[C@H]1Cc1ccc2c(c1)N(C1CCOCC1)CC2. The van der Waals surface area contributed by atoms with Gasteiger partial charge in [-0.1, -0.05) is 12.1 Å². The number of hydrogen-bond donors (Lipinski definition) is 0. The van der Waals surface area contributed by atoms with Crippen LogP contribution in [0.4, 0.5) is 5.69 Å². The van der Waals surface area contributed by atoms with E-state index in [2.05, 4.69) is 35.0 Å². The van der Waals surface area contributed by atoms with Gasteiger partial charge in [-0.3, -0.25) is 0 Å². The van der Waals surface area contributed by atoms with Crippen molar-refractivity contribution < 1.29 is 4.74 Å². The van der Waals surface area contributed by atoms with Crippen molar-refractivity contribution in [2.45, 2.75) is 50.6 Å². The molecule has 0 aliphatic carbocycles. The van der Waals surface area contributed by atoms with Gasteiger partial charge >= 0.3 is 0 Å². The first kappa shape index (κ1) is 14.5. The zero-order valence-electron chi connectivity index (χ0n) is 13.8.